The highest BCUT2D eigenvalue weighted by molar-refractivity contribution is 5.45. The van der Waals surface area contributed by atoms with Gasteiger partial charge < -0.3 is 14.9 Å². The Labute approximate surface area is 120 Å². The van der Waals surface area contributed by atoms with Crippen molar-refractivity contribution in [2.24, 2.45) is 5.73 Å². The first-order valence-corrected chi connectivity index (χ1v) is 6.99. The molecule has 3 heteroatoms. The molecule has 1 atom stereocenters. The highest BCUT2D eigenvalue weighted by atomic mass is 16.5. The summed E-state index contributed by atoms with van der Waals surface area (Å²) < 4.78 is 11.6. The van der Waals surface area contributed by atoms with Crippen LogP contribution in [0, 0.1) is 20.8 Å². The molecule has 0 amide bonds. The second-order valence-electron chi connectivity index (χ2n) is 5.44. The monoisotopic (exact) mass is 273 g/mol. The predicted octanol–water partition coefficient (Wildman–Crippen LogP) is 4.04. The van der Waals surface area contributed by atoms with E-state index in [0.717, 1.165) is 34.0 Å². The Morgan fingerprint density at radius 2 is 1.70 bits per heavy atom. The van der Waals surface area contributed by atoms with Crippen LogP contribution < -0.4 is 10.5 Å². The fourth-order valence-electron chi connectivity index (χ4n) is 2.52. The lowest BCUT2D eigenvalue weighted by molar-refractivity contribution is 0.239. The number of hydrogen-bond donors (Lipinski definition) is 1. The van der Waals surface area contributed by atoms with Gasteiger partial charge in [-0.2, -0.15) is 0 Å². The Morgan fingerprint density at radius 1 is 1.05 bits per heavy atom. The van der Waals surface area contributed by atoms with Gasteiger partial charge >= 0.3 is 0 Å². The van der Waals surface area contributed by atoms with Crippen molar-refractivity contribution in [3.63, 3.8) is 0 Å². The van der Waals surface area contributed by atoms with Crippen molar-refractivity contribution in [1.29, 1.82) is 0 Å². The van der Waals surface area contributed by atoms with Gasteiger partial charge in [-0.1, -0.05) is 18.2 Å². The minimum absolute atomic E-state index is 0.122. The van der Waals surface area contributed by atoms with Gasteiger partial charge in [0, 0.05) is 11.1 Å². The minimum Gasteiger partial charge on any atom is -0.491 e. The lowest BCUT2D eigenvalue weighted by atomic mass is 9.95. The van der Waals surface area contributed by atoms with Crippen LogP contribution in [0.25, 0.3) is 0 Å². The van der Waals surface area contributed by atoms with E-state index >= 15 is 0 Å². The molecule has 0 aliphatic heterocycles. The van der Waals surface area contributed by atoms with E-state index in [9.17, 15) is 0 Å². The van der Waals surface area contributed by atoms with Crippen molar-refractivity contribution in [2.75, 3.05) is 0 Å². The van der Waals surface area contributed by atoms with Crippen LogP contribution in [0.4, 0.5) is 0 Å². The van der Waals surface area contributed by atoms with Crippen LogP contribution in [-0.2, 0) is 0 Å². The summed E-state index contributed by atoms with van der Waals surface area (Å²) in [5, 5.41) is 0. The SMILES string of the molecule is Cc1oc(C)c(C(N)c2ccccc2OC(C)C)c1C. The highest BCUT2D eigenvalue weighted by Gasteiger charge is 2.22. The van der Waals surface area contributed by atoms with E-state index in [1.165, 1.54) is 0 Å². The average Bonchev–Trinajstić information content (AvgIpc) is 2.62. The zero-order valence-electron chi connectivity index (χ0n) is 12.9. The van der Waals surface area contributed by atoms with Crippen molar-refractivity contribution in [3.8, 4) is 5.75 Å². The summed E-state index contributed by atoms with van der Waals surface area (Å²) in [6, 6.07) is 7.70. The number of aryl methyl sites for hydroxylation is 2. The van der Waals surface area contributed by atoms with Gasteiger partial charge in [-0.25, -0.2) is 0 Å². The molecule has 0 radical (unpaired) electrons. The van der Waals surface area contributed by atoms with Crippen LogP contribution in [0.1, 0.15) is 48.1 Å². The molecule has 0 fully saturated rings. The second kappa shape index (κ2) is 5.71. The van der Waals surface area contributed by atoms with Crippen molar-refractivity contribution in [3.05, 3.63) is 52.5 Å². The van der Waals surface area contributed by atoms with Crippen LogP contribution in [-0.4, -0.2) is 6.10 Å². The second-order valence-corrected chi connectivity index (χ2v) is 5.44. The van der Waals surface area contributed by atoms with Gasteiger partial charge in [-0.05, 0) is 46.2 Å². The van der Waals surface area contributed by atoms with Crippen LogP contribution >= 0.6 is 0 Å². The van der Waals surface area contributed by atoms with Crippen molar-refractivity contribution < 1.29 is 9.15 Å². The molecule has 0 spiro atoms. The molecule has 2 N–H and O–H groups in total. The maximum atomic E-state index is 6.47. The van der Waals surface area contributed by atoms with Gasteiger partial charge in [0.2, 0.25) is 0 Å². The molecular weight excluding hydrogens is 250 g/mol. The summed E-state index contributed by atoms with van der Waals surface area (Å²) in [6.07, 6.45) is 0.122. The first-order chi connectivity index (χ1) is 9.41. The maximum absolute atomic E-state index is 6.47. The van der Waals surface area contributed by atoms with Crippen molar-refractivity contribution >= 4 is 0 Å². The Bertz CT molecular complexity index is 599. The summed E-state index contributed by atoms with van der Waals surface area (Å²) in [5.41, 5.74) is 9.64. The molecule has 1 unspecified atom stereocenters. The smallest absolute Gasteiger partial charge is 0.124 e. The number of rotatable bonds is 4. The third-order valence-electron chi connectivity index (χ3n) is 3.55. The molecule has 0 aliphatic carbocycles. The Morgan fingerprint density at radius 3 is 2.25 bits per heavy atom. The predicted molar refractivity (Wildman–Crippen MR) is 81.2 cm³/mol. The summed E-state index contributed by atoms with van der Waals surface area (Å²) >= 11 is 0. The minimum atomic E-state index is -0.234. The summed E-state index contributed by atoms with van der Waals surface area (Å²) in [4.78, 5) is 0. The lowest BCUT2D eigenvalue weighted by Gasteiger charge is -2.19. The molecule has 0 aliphatic rings. The molecule has 108 valence electrons. The number of ether oxygens (including phenoxy) is 1. The Balaban J connectivity index is 2.45. The maximum Gasteiger partial charge on any atom is 0.124 e. The number of para-hydroxylation sites is 1. The molecule has 1 aromatic heterocycles. The molecule has 2 aromatic rings. The fraction of sp³-hybridized carbons (Fsp3) is 0.412. The van der Waals surface area contributed by atoms with Crippen LogP contribution in [0.2, 0.25) is 0 Å². The Hall–Kier alpha value is -1.74. The highest BCUT2D eigenvalue weighted by Crippen LogP contribution is 2.34. The molecule has 0 bridgehead atoms. The quantitative estimate of drug-likeness (QED) is 0.914. The van der Waals surface area contributed by atoms with Crippen molar-refractivity contribution in [2.45, 2.75) is 46.8 Å². The largest absolute Gasteiger partial charge is 0.491 e. The van der Waals surface area contributed by atoms with E-state index in [2.05, 4.69) is 0 Å². The van der Waals surface area contributed by atoms with Crippen molar-refractivity contribution in [1.82, 2.24) is 0 Å². The number of hydrogen-bond acceptors (Lipinski definition) is 3. The number of benzene rings is 1. The average molecular weight is 273 g/mol. The van der Waals surface area contributed by atoms with Crippen LogP contribution in [0.3, 0.4) is 0 Å². The van der Waals surface area contributed by atoms with Gasteiger partial charge in [0.05, 0.1) is 12.1 Å². The molecule has 0 saturated carbocycles. The van der Waals surface area contributed by atoms with E-state index in [-0.39, 0.29) is 12.1 Å². The van der Waals surface area contributed by atoms with E-state index in [1.807, 2.05) is 58.9 Å². The summed E-state index contributed by atoms with van der Waals surface area (Å²) in [7, 11) is 0. The topological polar surface area (TPSA) is 48.4 Å². The molecule has 1 aromatic carbocycles. The van der Waals surface area contributed by atoms with Gasteiger partial charge in [-0.15, -0.1) is 0 Å². The van der Waals surface area contributed by atoms with Gasteiger partial charge in [-0.3, -0.25) is 0 Å². The van der Waals surface area contributed by atoms with Gasteiger partial charge in [0.15, 0.2) is 0 Å². The molecule has 2 rings (SSSR count). The number of furan rings is 1. The molecule has 0 saturated heterocycles. The van der Waals surface area contributed by atoms with E-state index in [1.54, 1.807) is 0 Å². The lowest BCUT2D eigenvalue weighted by Crippen LogP contribution is -2.16. The fourth-order valence-corrected chi connectivity index (χ4v) is 2.52. The standard InChI is InChI=1S/C17H23NO2/c1-10(2)19-15-9-7-6-8-14(15)17(18)16-11(3)12(4)20-13(16)5/h6-10,17H,18H2,1-5H3. The zero-order chi connectivity index (χ0) is 14.9. The molecule has 3 nitrogen and oxygen atoms in total. The first kappa shape index (κ1) is 14.7. The first-order valence-electron chi connectivity index (χ1n) is 6.99. The van der Waals surface area contributed by atoms with E-state index < -0.39 is 0 Å². The molecular formula is C17H23NO2. The molecule has 1 heterocycles. The van der Waals surface area contributed by atoms with Gasteiger partial charge in [0.1, 0.15) is 17.3 Å². The van der Waals surface area contributed by atoms with E-state index in [4.69, 9.17) is 14.9 Å². The molecule has 20 heavy (non-hydrogen) atoms. The van der Waals surface area contributed by atoms with Crippen LogP contribution in [0.15, 0.2) is 28.7 Å². The zero-order valence-corrected chi connectivity index (χ0v) is 12.9. The van der Waals surface area contributed by atoms with E-state index in [0.29, 0.717) is 0 Å². The van der Waals surface area contributed by atoms with Gasteiger partial charge in [0.25, 0.3) is 0 Å². The summed E-state index contributed by atoms with van der Waals surface area (Å²) in [6.45, 7) is 10.0. The summed E-state index contributed by atoms with van der Waals surface area (Å²) in [5.74, 6) is 2.65. The third-order valence-corrected chi connectivity index (χ3v) is 3.55. The number of nitrogens with two attached hydrogens (primary N) is 1. The third kappa shape index (κ3) is 2.73. The Kier molecular flexibility index (Phi) is 4.19. The van der Waals surface area contributed by atoms with Crippen LogP contribution in [0.5, 0.6) is 5.75 Å². The normalized spacial score (nSPS) is 12.8.